The summed E-state index contributed by atoms with van der Waals surface area (Å²) >= 11 is 0. The Bertz CT molecular complexity index is 1110. The minimum atomic E-state index is -1.15. The molecule has 12 heteroatoms. The van der Waals surface area contributed by atoms with Crippen LogP contribution in [0.25, 0.3) is 0 Å². The highest BCUT2D eigenvalue weighted by Crippen LogP contribution is 2.37. The Morgan fingerprint density at radius 3 is 2.21 bits per heavy atom. The SMILES string of the molecule is COc1cc(C(O[C@@H]2[C@@H](OC(C)=O)[C@H](OC)OC[C@H]2OC(C)=O)C(CO)Oc2ccccc2OC)ccc1O. The van der Waals surface area contributed by atoms with Crippen LogP contribution in [0.2, 0.25) is 0 Å². The summed E-state index contributed by atoms with van der Waals surface area (Å²) in [6.07, 6.45) is -6.45. The van der Waals surface area contributed by atoms with Crippen molar-refractivity contribution in [3.63, 3.8) is 0 Å². The molecule has 1 saturated heterocycles. The Labute approximate surface area is 226 Å². The smallest absolute Gasteiger partial charge is 0.303 e. The minimum Gasteiger partial charge on any atom is -0.504 e. The number of hydrogen-bond donors (Lipinski definition) is 2. The monoisotopic (exact) mass is 550 g/mol. The first-order valence-electron chi connectivity index (χ1n) is 12.1. The van der Waals surface area contributed by atoms with Crippen LogP contribution >= 0.6 is 0 Å². The van der Waals surface area contributed by atoms with Crippen LogP contribution in [0.4, 0.5) is 0 Å². The lowest BCUT2D eigenvalue weighted by atomic mass is 10.00. The van der Waals surface area contributed by atoms with Gasteiger partial charge in [-0.1, -0.05) is 18.2 Å². The topological polar surface area (TPSA) is 148 Å². The van der Waals surface area contributed by atoms with E-state index in [0.29, 0.717) is 17.1 Å². The Balaban J connectivity index is 2.09. The number of hydrogen-bond acceptors (Lipinski definition) is 12. The number of rotatable bonds is 12. The number of phenols is 1. The van der Waals surface area contributed by atoms with Gasteiger partial charge < -0.3 is 48.1 Å². The van der Waals surface area contributed by atoms with Crippen LogP contribution in [0, 0.1) is 0 Å². The van der Waals surface area contributed by atoms with Gasteiger partial charge in [0.25, 0.3) is 0 Å². The molecule has 6 atom stereocenters. The minimum absolute atomic E-state index is 0.118. The van der Waals surface area contributed by atoms with Gasteiger partial charge in [-0.15, -0.1) is 0 Å². The predicted molar refractivity (Wildman–Crippen MR) is 135 cm³/mol. The number of benzene rings is 2. The molecule has 2 aromatic rings. The molecule has 1 fully saturated rings. The largest absolute Gasteiger partial charge is 0.504 e. The lowest BCUT2D eigenvalue weighted by molar-refractivity contribution is -0.289. The number of aliphatic hydroxyl groups is 1. The van der Waals surface area contributed by atoms with E-state index in [-0.39, 0.29) is 18.1 Å². The molecular weight excluding hydrogens is 516 g/mol. The average molecular weight is 551 g/mol. The van der Waals surface area contributed by atoms with Gasteiger partial charge in [0, 0.05) is 21.0 Å². The summed E-state index contributed by atoms with van der Waals surface area (Å²) in [6.45, 7) is 1.79. The number of aliphatic hydroxyl groups excluding tert-OH is 1. The van der Waals surface area contributed by atoms with E-state index in [4.69, 9.17) is 37.9 Å². The molecule has 12 nitrogen and oxygen atoms in total. The van der Waals surface area contributed by atoms with E-state index >= 15 is 0 Å². The third-order valence-corrected chi connectivity index (χ3v) is 5.94. The maximum Gasteiger partial charge on any atom is 0.303 e. The molecule has 214 valence electrons. The summed E-state index contributed by atoms with van der Waals surface area (Å²) in [4.78, 5) is 23.9. The lowest BCUT2D eigenvalue weighted by Gasteiger charge is -2.42. The second kappa shape index (κ2) is 14.0. The van der Waals surface area contributed by atoms with Gasteiger partial charge in [-0.05, 0) is 29.8 Å². The van der Waals surface area contributed by atoms with E-state index in [0.717, 1.165) is 0 Å². The Kier molecular flexibility index (Phi) is 10.8. The zero-order valence-corrected chi connectivity index (χ0v) is 22.4. The van der Waals surface area contributed by atoms with Crippen LogP contribution < -0.4 is 14.2 Å². The summed E-state index contributed by atoms with van der Waals surface area (Å²) in [5.41, 5.74) is 0.433. The molecule has 0 aromatic heterocycles. The summed E-state index contributed by atoms with van der Waals surface area (Å²) in [7, 11) is 4.24. The maximum atomic E-state index is 12.0. The second-order valence-electron chi connectivity index (χ2n) is 8.60. The number of carbonyl (C=O) groups is 2. The molecule has 0 saturated carbocycles. The summed E-state index contributed by atoms with van der Waals surface area (Å²) in [5.74, 6) is -0.486. The zero-order valence-electron chi connectivity index (χ0n) is 22.4. The van der Waals surface area contributed by atoms with Crippen molar-refractivity contribution in [2.45, 2.75) is 50.7 Å². The highest BCUT2D eigenvalue weighted by molar-refractivity contribution is 5.67. The highest BCUT2D eigenvalue weighted by Gasteiger charge is 2.48. The number of carbonyl (C=O) groups excluding carboxylic acids is 2. The van der Waals surface area contributed by atoms with E-state index in [1.165, 1.54) is 47.3 Å². The Hall–Kier alpha value is -3.58. The van der Waals surface area contributed by atoms with Crippen molar-refractivity contribution in [2.75, 3.05) is 34.5 Å². The summed E-state index contributed by atoms with van der Waals surface area (Å²) < 4.78 is 45.2. The van der Waals surface area contributed by atoms with Gasteiger partial charge in [0.1, 0.15) is 12.2 Å². The molecule has 1 aliphatic heterocycles. The molecule has 3 rings (SSSR count). The van der Waals surface area contributed by atoms with Crippen molar-refractivity contribution in [3.8, 4) is 23.0 Å². The zero-order chi connectivity index (χ0) is 28.5. The summed E-state index contributed by atoms with van der Waals surface area (Å²) in [6, 6.07) is 11.3. The number of aromatic hydroxyl groups is 1. The number of ether oxygens (including phenoxy) is 8. The quantitative estimate of drug-likeness (QED) is 0.373. The van der Waals surface area contributed by atoms with Crippen molar-refractivity contribution in [2.24, 2.45) is 0 Å². The second-order valence-corrected chi connectivity index (χ2v) is 8.60. The Morgan fingerprint density at radius 2 is 1.62 bits per heavy atom. The van der Waals surface area contributed by atoms with Crippen LogP contribution in [0.15, 0.2) is 42.5 Å². The number of para-hydroxylation sites is 2. The van der Waals surface area contributed by atoms with Gasteiger partial charge in [0.2, 0.25) is 0 Å². The predicted octanol–water partition coefficient (Wildman–Crippen LogP) is 2.14. The van der Waals surface area contributed by atoms with Crippen LogP contribution in [0.1, 0.15) is 25.5 Å². The molecular formula is C27H34O12. The van der Waals surface area contributed by atoms with E-state index in [1.807, 2.05) is 0 Å². The standard InChI is InChI=1S/C27H34O12/c1-15(29)36-23-14-35-27(34-5)26(37-16(2)30)25(23)39-24(17-10-11-18(31)21(12-17)33-4)22(13-28)38-20-9-7-6-8-19(20)32-3/h6-12,22-28,31H,13-14H2,1-5H3/t22?,23-,24?,25+,26-,27-/m1/s1. The van der Waals surface area contributed by atoms with E-state index in [9.17, 15) is 19.8 Å². The first-order valence-corrected chi connectivity index (χ1v) is 12.1. The molecule has 1 aliphatic rings. The van der Waals surface area contributed by atoms with Crippen LogP contribution in [0.5, 0.6) is 23.0 Å². The Morgan fingerprint density at radius 1 is 0.949 bits per heavy atom. The number of phenolic OH excluding ortho intramolecular Hbond substituents is 1. The van der Waals surface area contributed by atoms with Crippen molar-refractivity contribution in [3.05, 3.63) is 48.0 Å². The number of methoxy groups -OCH3 is 3. The molecule has 0 radical (unpaired) electrons. The normalized spacial score (nSPS) is 22.3. The lowest BCUT2D eigenvalue weighted by Crippen LogP contribution is -2.58. The average Bonchev–Trinajstić information content (AvgIpc) is 2.92. The highest BCUT2D eigenvalue weighted by atomic mass is 16.7. The van der Waals surface area contributed by atoms with Gasteiger partial charge >= 0.3 is 11.9 Å². The van der Waals surface area contributed by atoms with Crippen molar-refractivity contribution < 1.29 is 57.7 Å². The van der Waals surface area contributed by atoms with Gasteiger partial charge in [-0.3, -0.25) is 9.59 Å². The van der Waals surface area contributed by atoms with E-state index in [1.54, 1.807) is 30.3 Å². The van der Waals surface area contributed by atoms with E-state index in [2.05, 4.69) is 0 Å². The molecule has 1 heterocycles. The first kappa shape index (κ1) is 30.0. The first-order chi connectivity index (χ1) is 18.7. The molecule has 2 N–H and O–H groups in total. The molecule has 0 amide bonds. The van der Waals surface area contributed by atoms with E-state index < -0.39 is 55.4 Å². The fourth-order valence-electron chi connectivity index (χ4n) is 4.24. The van der Waals surface area contributed by atoms with Crippen LogP contribution in [-0.4, -0.2) is 87.4 Å². The molecule has 2 aromatic carbocycles. The molecule has 39 heavy (non-hydrogen) atoms. The van der Waals surface area contributed by atoms with Gasteiger partial charge in [0.05, 0.1) is 27.4 Å². The third kappa shape index (κ3) is 7.51. The molecule has 0 bridgehead atoms. The molecule has 0 aliphatic carbocycles. The maximum absolute atomic E-state index is 12.0. The van der Waals surface area contributed by atoms with Crippen LogP contribution in [0.3, 0.4) is 0 Å². The molecule has 0 spiro atoms. The molecule has 2 unspecified atom stereocenters. The van der Waals surface area contributed by atoms with Gasteiger partial charge in [0.15, 0.2) is 47.6 Å². The fourth-order valence-corrected chi connectivity index (χ4v) is 4.24. The number of esters is 2. The van der Waals surface area contributed by atoms with Crippen molar-refractivity contribution in [1.29, 1.82) is 0 Å². The third-order valence-electron chi connectivity index (χ3n) is 5.94. The van der Waals surface area contributed by atoms with Gasteiger partial charge in [-0.2, -0.15) is 0 Å². The fraction of sp³-hybridized carbons (Fsp3) is 0.481. The van der Waals surface area contributed by atoms with Crippen molar-refractivity contribution in [1.82, 2.24) is 0 Å². The van der Waals surface area contributed by atoms with Crippen molar-refractivity contribution >= 4 is 11.9 Å². The summed E-state index contributed by atoms with van der Waals surface area (Å²) in [5, 5.41) is 20.6. The van der Waals surface area contributed by atoms with Gasteiger partial charge in [-0.25, -0.2) is 0 Å². The van der Waals surface area contributed by atoms with Crippen LogP contribution in [-0.2, 0) is 33.3 Å².